The van der Waals surface area contributed by atoms with Gasteiger partial charge in [-0.25, -0.2) is 13.1 Å². The molecule has 0 spiro atoms. The lowest BCUT2D eigenvalue weighted by Gasteiger charge is -2.14. The van der Waals surface area contributed by atoms with Gasteiger partial charge in [0.1, 0.15) is 0 Å². The molecule has 0 atom stereocenters. The van der Waals surface area contributed by atoms with Gasteiger partial charge in [-0.1, -0.05) is 11.6 Å². The Labute approximate surface area is 131 Å². The Morgan fingerprint density at radius 3 is 2.62 bits per heavy atom. The second kappa shape index (κ2) is 6.96. The highest BCUT2D eigenvalue weighted by atomic mass is 35.5. The minimum atomic E-state index is -3.52. The van der Waals surface area contributed by atoms with E-state index in [1.165, 1.54) is 18.9 Å². The zero-order valence-corrected chi connectivity index (χ0v) is 13.8. The molecule has 21 heavy (non-hydrogen) atoms. The maximum Gasteiger partial charge on any atom is 0.240 e. The molecule has 118 valence electrons. The number of nitrogens with two attached hydrogens (primary N) is 1. The number of hydrogen-bond acceptors (Lipinski definition) is 4. The summed E-state index contributed by atoms with van der Waals surface area (Å²) in [5.74, 6) is 0. The fourth-order valence-corrected chi connectivity index (χ4v) is 3.82. The molecule has 1 heterocycles. The molecule has 1 aliphatic rings. The van der Waals surface area contributed by atoms with Crippen LogP contribution in [0.3, 0.4) is 0 Å². The van der Waals surface area contributed by atoms with Crippen LogP contribution >= 0.6 is 11.6 Å². The van der Waals surface area contributed by atoms with E-state index in [4.69, 9.17) is 17.3 Å². The number of anilines is 1. The summed E-state index contributed by atoms with van der Waals surface area (Å²) in [6.07, 6.45) is 3.30. The Morgan fingerprint density at radius 2 is 2.00 bits per heavy atom. The molecule has 0 aromatic heterocycles. The Kier molecular flexibility index (Phi) is 5.48. The molecule has 0 amide bonds. The van der Waals surface area contributed by atoms with E-state index in [9.17, 15) is 8.42 Å². The number of rotatable bonds is 6. The molecule has 1 aromatic carbocycles. The van der Waals surface area contributed by atoms with Gasteiger partial charge in [0, 0.05) is 6.54 Å². The third-order valence-electron chi connectivity index (χ3n) is 3.71. The van der Waals surface area contributed by atoms with Crippen molar-refractivity contribution in [2.45, 2.75) is 31.1 Å². The molecule has 0 saturated carbocycles. The van der Waals surface area contributed by atoms with E-state index < -0.39 is 10.0 Å². The molecule has 0 unspecified atom stereocenters. The van der Waals surface area contributed by atoms with Crippen LogP contribution in [-0.4, -0.2) is 39.5 Å². The highest BCUT2D eigenvalue weighted by Crippen LogP contribution is 2.26. The molecule has 0 bridgehead atoms. The van der Waals surface area contributed by atoms with Gasteiger partial charge in [0.25, 0.3) is 0 Å². The normalized spacial score (nSPS) is 16.5. The highest BCUT2D eigenvalue weighted by molar-refractivity contribution is 7.89. The minimum absolute atomic E-state index is 0.170. The van der Waals surface area contributed by atoms with Crippen molar-refractivity contribution in [3.63, 3.8) is 0 Å². The largest absolute Gasteiger partial charge is 0.397 e. The quantitative estimate of drug-likeness (QED) is 0.617. The van der Waals surface area contributed by atoms with Gasteiger partial charge < -0.3 is 10.6 Å². The molecule has 0 radical (unpaired) electrons. The Balaban J connectivity index is 1.92. The van der Waals surface area contributed by atoms with E-state index in [1.807, 2.05) is 0 Å². The first kappa shape index (κ1) is 16.5. The second-order valence-corrected chi connectivity index (χ2v) is 7.59. The minimum Gasteiger partial charge on any atom is -0.397 e. The summed E-state index contributed by atoms with van der Waals surface area (Å²) < 4.78 is 27.1. The van der Waals surface area contributed by atoms with Crippen LogP contribution in [0.25, 0.3) is 0 Å². The van der Waals surface area contributed by atoms with Gasteiger partial charge in [-0.2, -0.15) is 0 Å². The monoisotopic (exact) mass is 331 g/mol. The van der Waals surface area contributed by atoms with Crippen molar-refractivity contribution in [3.05, 3.63) is 22.7 Å². The molecular formula is C14H22ClN3O2S. The van der Waals surface area contributed by atoms with Crippen LogP contribution in [0, 0.1) is 6.92 Å². The first-order valence-electron chi connectivity index (χ1n) is 7.18. The summed E-state index contributed by atoms with van der Waals surface area (Å²) in [7, 11) is -3.52. The number of halogens is 1. The zero-order valence-electron chi connectivity index (χ0n) is 12.2. The Morgan fingerprint density at radius 1 is 1.33 bits per heavy atom. The summed E-state index contributed by atoms with van der Waals surface area (Å²) >= 11 is 5.95. The topological polar surface area (TPSA) is 75.4 Å². The molecule has 3 N–H and O–H groups in total. The number of likely N-dealkylation sites (tertiary alicyclic amines) is 1. The van der Waals surface area contributed by atoms with Gasteiger partial charge in [0.2, 0.25) is 10.0 Å². The van der Waals surface area contributed by atoms with Crippen molar-refractivity contribution in [1.29, 1.82) is 0 Å². The molecule has 1 saturated heterocycles. The van der Waals surface area contributed by atoms with Crippen LogP contribution in [-0.2, 0) is 10.0 Å². The smallest absolute Gasteiger partial charge is 0.240 e. The van der Waals surface area contributed by atoms with E-state index in [0.717, 1.165) is 26.1 Å². The SMILES string of the molecule is Cc1cc(S(=O)(=O)NCCCN2CCCC2)cc(N)c1Cl. The fourth-order valence-electron chi connectivity index (χ4n) is 2.52. The molecular weight excluding hydrogens is 310 g/mol. The van der Waals surface area contributed by atoms with Crippen molar-refractivity contribution < 1.29 is 8.42 Å². The Hall–Kier alpha value is -0.820. The number of benzene rings is 1. The number of aryl methyl sites for hydroxylation is 1. The average molecular weight is 332 g/mol. The van der Waals surface area contributed by atoms with Gasteiger partial charge in [0.15, 0.2) is 0 Å². The van der Waals surface area contributed by atoms with E-state index in [2.05, 4.69) is 9.62 Å². The van der Waals surface area contributed by atoms with Gasteiger partial charge in [0.05, 0.1) is 15.6 Å². The lowest BCUT2D eigenvalue weighted by molar-refractivity contribution is 0.334. The summed E-state index contributed by atoms with van der Waals surface area (Å²) in [6, 6.07) is 2.94. The second-order valence-electron chi connectivity index (χ2n) is 5.44. The molecule has 2 rings (SSSR count). The van der Waals surface area contributed by atoms with Crippen molar-refractivity contribution in [2.24, 2.45) is 0 Å². The third-order valence-corrected chi connectivity index (χ3v) is 5.67. The van der Waals surface area contributed by atoms with Crippen LogP contribution in [0.2, 0.25) is 5.02 Å². The molecule has 1 aromatic rings. The summed E-state index contributed by atoms with van der Waals surface area (Å²) in [5.41, 5.74) is 6.67. The summed E-state index contributed by atoms with van der Waals surface area (Å²) in [4.78, 5) is 2.53. The van der Waals surface area contributed by atoms with Gasteiger partial charge in [-0.05, 0) is 63.5 Å². The third kappa shape index (κ3) is 4.32. The first-order chi connectivity index (χ1) is 9.90. The van der Waals surface area contributed by atoms with E-state index in [1.54, 1.807) is 13.0 Å². The number of hydrogen-bond donors (Lipinski definition) is 2. The highest BCUT2D eigenvalue weighted by Gasteiger charge is 2.17. The standard InChI is InChI=1S/C14H22ClN3O2S/c1-11-9-12(10-13(16)14(11)15)21(19,20)17-5-4-8-18-6-2-3-7-18/h9-10,17H,2-8,16H2,1H3. The molecule has 0 aliphatic carbocycles. The number of nitrogens with one attached hydrogen (secondary N) is 1. The molecule has 1 fully saturated rings. The first-order valence-corrected chi connectivity index (χ1v) is 9.04. The van der Waals surface area contributed by atoms with Gasteiger partial charge in [-0.15, -0.1) is 0 Å². The van der Waals surface area contributed by atoms with Crippen molar-refractivity contribution in [3.8, 4) is 0 Å². The zero-order chi connectivity index (χ0) is 15.5. The van der Waals surface area contributed by atoms with Crippen LogP contribution in [0.1, 0.15) is 24.8 Å². The lowest BCUT2D eigenvalue weighted by Crippen LogP contribution is -2.28. The molecule has 5 nitrogen and oxygen atoms in total. The Bertz CT molecular complexity index is 575. The van der Waals surface area contributed by atoms with Crippen LogP contribution in [0.15, 0.2) is 17.0 Å². The predicted octanol–water partition coefficient (Wildman–Crippen LogP) is 1.99. The average Bonchev–Trinajstić information content (AvgIpc) is 2.93. The van der Waals surface area contributed by atoms with Crippen LogP contribution in [0.5, 0.6) is 0 Å². The predicted molar refractivity (Wildman–Crippen MR) is 86.1 cm³/mol. The van der Waals surface area contributed by atoms with Crippen molar-refractivity contribution >= 4 is 27.3 Å². The lowest BCUT2D eigenvalue weighted by atomic mass is 10.2. The number of nitrogens with zero attached hydrogens (tertiary/aromatic N) is 1. The van der Waals surface area contributed by atoms with E-state index in [-0.39, 0.29) is 10.6 Å². The number of nitrogen functional groups attached to an aromatic ring is 1. The van der Waals surface area contributed by atoms with E-state index >= 15 is 0 Å². The van der Waals surface area contributed by atoms with Crippen molar-refractivity contribution in [2.75, 3.05) is 31.9 Å². The summed E-state index contributed by atoms with van der Waals surface area (Å²) in [5, 5.41) is 0.406. The summed E-state index contributed by atoms with van der Waals surface area (Å²) in [6.45, 7) is 5.36. The molecule has 1 aliphatic heterocycles. The maximum atomic E-state index is 12.2. The van der Waals surface area contributed by atoms with Crippen molar-refractivity contribution in [1.82, 2.24) is 9.62 Å². The van der Waals surface area contributed by atoms with Crippen LogP contribution in [0.4, 0.5) is 5.69 Å². The van der Waals surface area contributed by atoms with Gasteiger partial charge in [-0.3, -0.25) is 0 Å². The van der Waals surface area contributed by atoms with E-state index in [0.29, 0.717) is 17.1 Å². The maximum absolute atomic E-state index is 12.2. The number of sulfonamides is 1. The van der Waals surface area contributed by atoms with Crippen LogP contribution < -0.4 is 10.5 Å². The fraction of sp³-hybridized carbons (Fsp3) is 0.571. The molecule has 7 heteroatoms. The van der Waals surface area contributed by atoms with Gasteiger partial charge >= 0.3 is 0 Å².